The molecule has 38 heavy (non-hydrogen) atoms. The van der Waals surface area contributed by atoms with Crippen LogP contribution >= 0.6 is 0 Å². The molecule has 196 valence electrons. The predicted molar refractivity (Wildman–Crippen MR) is 155 cm³/mol. The summed E-state index contributed by atoms with van der Waals surface area (Å²) in [5.41, 5.74) is 6.58. The Labute approximate surface area is 225 Å². The minimum Gasteiger partial charge on any atom is -0.360 e. The summed E-state index contributed by atoms with van der Waals surface area (Å²) in [6.45, 7) is 5.51. The molecule has 2 aliphatic heterocycles. The van der Waals surface area contributed by atoms with Crippen LogP contribution in [0.15, 0.2) is 59.7 Å². The fraction of sp³-hybridized carbons (Fsp3) is 0.406. The normalized spacial score (nSPS) is 21.7. The predicted octanol–water partition coefficient (Wildman–Crippen LogP) is 5.89. The third-order valence-corrected chi connectivity index (χ3v) is 9.07. The molecule has 1 unspecified atom stereocenters. The van der Waals surface area contributed by atoms with Gasteiger partial charge in [-0.1, -0.05) is 55.8 Å². The number of aromatic amines is 1. The highest BCUT2D eigenvalue weighted by Crippen LogP contribution is 2.51. The lowest BCUT2D eigenvalue weighted by molar-refractivity contribution is 0.0666. The SMILES string of the molecule is CCC1CC=C(c2ccc(C3(c4c[nH]c5c(C(=O)N6CCN(C)CC6)cccc45)CCC3)cc2)C=NC1=N. The molecule has 1 aliphatic carbocycles. The first kappa shape index (κ1) is 24.8. The van der Waals surface area contributed by atoms with E-state index < -0.39 is 0 Å². The van der Waals surface area contributed by atoms with Gasteiger partial charge in [-0.25, -0.2) is 4.99 Å². The van der Waals surface area contributed by atoms with Gasteiger partial charge < -0.3 is 14.8 Å². The van der Waals surface area contributed by atoms with Crippen LogP contribution in [0.4, 0.5) is 0 Å². The number of piperazine rings is 1. The molecule has 1 atom stereocenters. The van der Waals surface area contributed by atoms with Crippen molar-refractivity contribution in [1.29, 1.82) is 5.41 Å². The summed E-state index contributed by atoms with van der Waals surface area (Å²) in [5, 5.41) is 9.34. The van der Waals surface area contributed by atoms with Gasteiger partial charge >= 0.3 is 0 Å². The number of hydrogen-bond acceptors (Lipinski definition) is 3. The fourth-order valence-corrected chi connectivity index (χ4v) is 6.36. The number of H-pyrrole nitrogens is 1. The molecule has 1 amide bonds. The van der Waals surface area contributed by atoms with Gasteiger partial charge in [-0.15, -0.1) is 0 Å². The van der Waals surface area contributed by atoms with Gasteiger partial charge in [-0.2, -0.15) is 0 Å². The Balaban J connectivity index is 1.31. The molecule has 6 rings (SSSR count). The van der Waals surface area contributed by atoms with Crippen LogP contribution in [0.5, 0.6) is 0 Å². The van der Waals surface area contributed by atoms with Crippen molar-refractivity contribution in [1.82, 2.24) is 14.8 Å². The third-order valence-electron chi connectivity index (χ3n) is 9.07. The van der Waals surface area contributed by atoms with E-state index in [0.29, 0.717) is 5.84 Å². The van der Waals surface area contributed by atoms with Crippen molar-refractivity contribution in [3.63, 3.8) is 0 Å². The molecule has 0 spiro atoms. The number of nitrogens with zero attached hydrogens (tertiary/aromatic N) is 3. The van der Waals surface area contributed by atoms with Gasteiger partial charge in [0.15, 0.2) is 0 Å². The van der Waals surface area contributed by atoms with E-state index in [4.69, 9.17) is 5.41 Å². The minimum atomic E-state index is -0.0341. The smallest absolute Gasteiger partial charge is 0.256 e. The van der Waals surface area contributed by atoms with E-state index in [2.05, 4.69) is 71.5 Å². The quantitative estimate of drug-likeness (QED) is 0.452. The molecule has 6 heteroatoms. The highest BCUT2D eigenvalue weighted by Gasteiger charge is 2.42. The number of rotatable bonds is 5. The number of fused-ring (bicyclic) bond motifs is 1. The first-order chi connectivity index (χ1) is 18.5. The summed E-state index contributed by atoms with van der Waals surface area (Å²) in [6, 6.07) is 15.1. The number of aromatic nitrogens is 1. The zero-order valence-electron chi connectivity index (χ0n) is 22.5. The van der Waals surface area contributed by atoms with Crippen molar-refractivity contribution in [2.45, 2.75) is 44.4 Å². The van der Waals surface area contributed by atoms with Crippen molar-refractivity contribution < 1.29 is 4.79 Å². The first-order valence-corrected chi connectivity index (χ1v) is 14.0. The van der Waals surface area contributed by atoms with Gasteiger partial charge in [0.1, 0.15) is 5.84 Å². The molecule has 3 heterocycles. The molecular weight excluding hydrogens is 470 g/mol. The molecule has 1 saturated carbocycles. The molecule has 0 radical (unpaired) electrons. The van der Waals surface area contributed by atoms with Crippen molar-refractivity contribution in [2.24, 2.45) is 10.9 Å². The first-order valence-electron chi connectivity index (χ1n) is 14.0. The molecule has 1 saturated heterocycles. The number of carbonyl (C=O) groups excluding carboxylic acids is 1. The number of amidine groups is 1. The fourth-order valence-electron chi connectivity index (χ4n) is 6.36. The topological polar surface area (TPSA) is 75.6 Å². The Morgan fingerprint density at radius 2 is 1.87 bits per heavy atom. The van der Waals surface area contributed by atoms with Crippen molar-refractivity contribution in [2.75, 3.05) is 33.2 Å². The van der Waals surface area contributed by atoms with Crippen LogP contribution in [0.3, 0.4) is 0 Å². The number of benzene rings is 2. The van der Waals surface area contributed by atoms with Crippen LogP contribution in [-0.4, -0.2) is 66.0 Å². The van der Waals surface area contributed by atoms with Crippen molar-refractivity contribution in [3.8, 4) is 0 Å². The van der Waals surface area contributed by atoms with Crippen LogP contribution < -0.4 is 0 Å². The maximum absolute atomic E-state index is 13.5. The van der Waals surface area contributed by atoms with E-state index in [0.717, 1.165) is 79.5 Å². The van der Waals surface area contributed by atoms with Gasteiger partial charge in [0.05, 0.1) is 11.1 Å². The number of allylic oxidation sites excluding steroid dienone is 2. The lowest BCUT2D eigenvalue weighted by Gasteiger charge is -2.43. The Kier molecular flexibility index (Phi) is 6.52. The summed E-state index contributed by atoms with van der Waals surface area (Å²) >= 11 is 0. The van der Waals surface area contributed by atoms with Crippen molar-refractivity contribution in [3.05, 3.63) is 77.0 Å². The van der Waals surface area contributed by atoms with Gasteiger partial charge in [0.2, 0.25) is 0 Å². The second kappa shape index (κ2) is 9.99. The molecule has 3 aliphatic rings. The van der Waals surface area contributed by atoms with E-state index in [1.807, 2.05) is 23.2 Å². The molecule has 2 N–H and O–H groups in total. The van der Waals surface area contributed by atoms with E-state index >= 15 is 0 Å². The maximum atomic E-state index is 13.5. The lowest BCUT2D eigenvalue weighted by Crippen LogP contribution is -2.47. The van der Waals surface area contributed by atoms with Gasteiger partial charge in [-0.05, 0) is 61.1 Å². The number of hydrogen-bond donors (Lipinski definition) is 2. The highest BCUT2D eigenvalue weighted by atomic mass is 16.2. The zero-order valence-corrected chi connectivity index (χ0v) is 22.5. The number of likely N-dealkylation sites (N-methyl/N-ethyl adjacent to an activating group) is 1. The molecule has 2 aromatic carbocycles. The summed E-state index contributed by atoms with van der Waals surface area (Å²) in [4.78, 5) is 25.7. The van der Waals surface area contributed by atoms with Crippen molar-refractivity contribution >= 4 is 34.4 Å². The molecule has 3 aromatic rings. The third kappa shape index (κ3) is 4.21. The Bertz CT molecular complexity index is 1420. The second-order valence-corrected chi connectivity index (χ2v) is 11.2. The molecule has 6 nitrogen and oxygen atoms in total. The monoisotopic (exact) mass is 507 g/mol. The molecular formula is C32H37N5O. The Morgan fingerprint density at radius 1 is 1.11 bits per heavy atom. The number of para-hydroxylation sites is 1. The average Bonchev–Trinajstić information content (AvgIpc) is 3.25. The summed E-state index contributed by atoms with van der Waals surface area (Å²) < 4.78 is 0. The number of nitrogens with one attached hydrogen (secondary N) is 2. The van der Waals surface area contributed by atoms with Crippen LogP contribution in [-0.2, 0) is 5.41 Å². The van der Waals surface area contributed by atoms with E-state index in [1.54, 1.807) is 0 Å². The Hall–Kier alpha value is -3.51. The van der Waals surface area contributed by atoms with Crippen LogP contribution in [0.1, 0.15) is 66.1 Å². The maximum Gasteiger partial charge on any atom is 0.256 e. The Morgan fingerprint density at radius 3 is 2.55 bits per heavy atom. The van der Waals surface area contributed by atoms with Gasteiger partial charge in [0.25, 0.3) is 5.91 Å². The van der Waals surface area contributed by atoms with E-state index in [9.17, 15) is 4.79 Å². The van der Waals surface area contributed by atoms with Gasteiger partial charge in [-0.3, -0.25) is 10.2 Å². The van der Waals surface area contributed by atoms with E-state index in [1.165, 1.54) is 17.5 Å². The summed E-state index contributed by atoms with van der Waals surface area (Å²) in [7, 11) is 2.11. The lowest BCUT2D eigenvalue weighted by atomic mass is 9.60. The highest BCUT2D eigenvalue weighted by molar-refractivity contribution is 6.14. The van der Waals surface area contributed by atoms with Crippen LogP contribution in [0.2, 0.25) is 0 Å². The average molecular weight is 508 g/mol. The minimum absolute atomic E-state index is 0.0341. The number of aliphatic imine (C=N–C) groups is 1. The second-order valence-electron chi connectivity index (χ2n) is 11.2. The summed E-state index contributed by atoms with van der Waals surface area (Å²) in [5.74, 6) is 0.811. The standard InChI is InChI=1S/C32H37N5O/c1-3-22-8-9-24(20-35-30(22)33)23-10-12-25(13-11-23)32(14-5-15-32)28-21-34-29-26(28)6-4-7-27(29)31(38)37-18-16-36(2)17-19-37/h4,6-7,9-13,20-22,33-34H,3,5,8,14-19H2,1-2H3. The number of amides is 1. The van der Waals surface area contributed by atoms with Gasteiger partial charge in [0, 0.05) is 55.3 Å². The zero-order chi connectivity index (χ0) is 26.3. The van der Waals surface area contributed by atoms with Crippen LogP contribution in [0, 0.1) is 11.3 Å². The summed E-state index contributed by atoms with van der Waals surface area (Å²) in [6.07, 6.45) is 11.4. The molecule has 0 bridgehead atoms. The molecule has 2 fully saturated rings. The number of carbonyl (C=O) groups is 1. The van der Waals surface area contributed by atoms with E-state index in [-0.39, 0.29) is 17.2 Å². The largest absolute Gasteiger partial charge is 0.360 e. The molecule has 1 aromatic heterocycles. The van der Waals surface area contributed by atoms with Crippen LogP contribution in [0.25, 0.3) is 16.5 Å².